The molecule has 1 spiro atoms. The Kier molecular flexibility index (Phi) is 4.27. The summed E-state index contributed by atoms with van der Waals surface area (Å²) >= 11 is 0. The van der Waals surface area contributed by atoms with Crippen LogP contribution in [0.15, 0.2) is 67.1 Å². The van der Waals surface area contributed by atoms with Crippen molar-refractivity contribution in [2.45, 2.75) is 18.4 Å². The van der Waals surface area contributed by atoms with Gasteiger partial charge in [-0.15, -0.1) is 0 Å². The summed E-state index contributed by atoms with van der Waals surface area (Å²) in [6, 6.07) is 14.2. The Hall–Kier alpha value is -3.28. The summed E-state index contributed by atoms with van der Waals surface area (Å²) in [4.78, 5) is 25.9. The second-order valence-electron chi connectivity index (χ2n) is 7.83. The lowest BCUT2D eigenvalue weighted by atomic mass is 9.85. The lowest BCUT2D eigenvalue weighted by molar-refractivity contribution is 0.0779. The fraction of sp³-hybridized carbons (Fsp3) is 0.261. The Morgan fingerprint density at radius 1 is 1.07 bits per heavy atom. The molecule has 1 amide bonds. The summed E-state index contributed by atoms with van der Waals surface area (Å²) in [6.07, 6.45) is 6.29. The van der Waals surface area contributed by atoms with E-state index in [9.17, 15) is 9.18 Å². The van der Waals surface area contributed by atoms with Gasteiger partial charge in [-0.1, -0.05) is 18.2 Å². The maximum Gasteiger partial charge on any atom is 0.256 e. The third-order valence-corrected chi connectivity index (χ3v) is 5.96. The first-order chi connectivity index (χ1) is 14.2. The Morgan fingerprint density at radius 2 is 1.93 bits per heavy atom. The molecule has 4 heterocycles. The third kappa shape index (κ3) is 3.05. The summed E-state index contributed by atoms with van der Waals surface area (Å²) in [6.45, 7) is 2.68. The number of halogens is 1. The molecule has 6 heteroatoms. The van der Waals surface area contributed by atoms with Crippen molar-refractivity contribution >= 4 is 11.6 Å². The number of amides is 1. The standard InChI is InChI=1S/C23H21FN4O/c24-19-7-2-1-6-18(19)22(29)27-12-9-23(15-27)16-28(14-17-5-3-10-25-13-17)20-8-4-11-26-21(20)23/h1-8,10-11,13H,9,12,14-16H2/t23-/m0/s1. The Morgan fingerprint density at radius 3 is 2.76 bits per heavy atom. The first kappa shape index (κ1) is 17.8. The number of anilines is 1. The first-order valence-corrected chi connectivity index (χ1v) is 9.79. The Bertz CT molecular complexity index is 1060. The molecule has 0 N–H and O–H groups in total. The normalized spacial score (nSPS) is 20.3. The van der Waals surface area contributed by atoms with Gasteiger partial charge in [-0.2, -0.15) is 0 Å². The fourth-order valence-corrected chi connectivity index (χ4v) is 4.61. The number of pyridine rings is 2. The predicted octanol–water partition coefficient (Wildman–Crippen LogP) is 3.42. The van der Waals surface area contributed by atoms with Crippen LogP contribution in [-0.4, -0.2) is 40.4 Å². The quantitative estimate of drug-likeness (QED) is 0.690. The molecule has 0 saturated carbocycles. The van der Waals surface area contributed by atoms with Crippen molar-refractivity contribution in [2.24, 2.45) is 0 Å². The summed E-state index contributed by atoms with van der Waals surface area (Å²) in [5, 5.41) is 0. The van der Waals surface area contributed by atoms with Crippen LogP contribution in [-0.2, 0) is 12.0 Å². The van der Waals surface area contributed by atoms with Gasteiger partial charge in [0.15, 0.2) is 0 Å². The average Bonchev–Trinajstić information content (AvgIpc) is 3.31. The van der Waals surface area contributed by atoms with Crippen LogP contribution < -0.4 is 4.90 Å². The molecule has 146 valence electrons. The van der Waals surface area contributed by atoms with Crippen molar-refractivity contribution in [3.8, 4) is 0 Å². The lowest BCUT2D eigenvalue weighted by Gasteiger charge is -2.26. The van der Waals surface area contributed by atoms with Gasteiger partial charge >= 0.3 is 0 Å². The second kappa shape index (κ2) is 6.95. The number of aromatic nitrogens is 2. The number of carbonyl (C=O) groups is 1. The molecule has 2 aliphatic heterocycles. The van der Waals surface area contributed by atoms with E-state index in [2.05, 4.69) is 22.0 Å². The first-order valence-electron chi connectivity index (χ1n) is 9.79. The van der Waals surface area contributed by atoms with Crippen molar-refractivity contribution in [1.29, 1.82) is 0 Å². The molecule has 2 aliphatic rings. The monoisotopic (exact) mass is 388 g/mol. The minimum absolute atomic E-state index is 0.135. The number of nitrogens with zero attached hydrogens (tertiary/aromatic N) is 4. The smallest absolute Gasteiger partial charge is 0.256 e. The van der Waals surface area contributed by atoms with Crippen LogP contribution in [0.2, 0.25) is 0 Å². The number of rotatable bonds is 3. The molecule has 3 aromatic rings. The maximum absolute atomic E-state index is 14.1. The van der Waals surface area contributed by atoms with Crippen LogP contribution >= 0.6 is 0 Å². The molecule has 1 atom stereocenters. The van der Waals surface area contributed by atoms with E-state index in [0.29, 0.717) is 13.1 Å². The topological polar surface area (TPSA) is 49.3 Å². The Labute approximate surface area is 168 Å². The van der Waals surface area contributed by atoms with Crippen LogP contribution in [0.3, 0.4) is 0 Å². The van der Waals surface area contributed by atoms with E-state index in [1.165, 1.54) is 6.07 Å². The molecule has 1 saturated heterocycles. The highest BCUT2D eigenvalue weighted by atomic mass is 19.1. The van der Waals surface area contributed by atoms with Crippen LogP contribution in [0.5, 0.6) is 0 Å². The molecule has 0 radical (unpaired) electrons. The van der Waals surface area contributed by atoms with Gasteiger partial charge < -0.3 is 9.80 Å². The number of carbonyl (C=O) groups excluding carboxylic acids is 1. The molecular formula is C23H21FN4O. The van der Waals surface area contributed by atoms with E-state index >= 15 is 0 Å². The zero-order valence-corrected chi connectivity index (χ0v) is 16.0. The largest absolute Gasteiger partial charge is 0.365 e. The van der Waals surface area contributed by atoms with Gasteiger partial charge in [-0.05, 0) is 42.3 Å². The van der Waals surface area contributed by atoms with E-state index < -0.39 is 5.82 Å². The Balaban J connectivity index is 1.42. The van der Waals surface area contributed by atoms with Crippen molar-refractivity contribution in [2.75, 3.05) is 24.5 Å². The van der Waals surface area contributed by atoms with Crippen LogP contribution in [0, 0.1) is 5.82 Å². The predicted molar refractivity (Wildman–Crippen MR) is 108 cm³/mol. The number of fused-ring (bicyclic) bond motifs is 2. The molecule has 29 heavy (non-hydrogen) atoms. The van der Waals surface area contributed by atoms with Gasteiger partial charge in [0.05, 0.1) is 22.4 Å². The zero-order chi connectivity index (χ0) is 19.8. The maximum atomic E-state index is 14.1. The van der Waals surface area contributed by atoms with Crippen LogP contribution in [0.25, 0.3) is 0 Å². The van der Waals surface area contributed by atoms with Gasteiger partial charge in [0.1, 0.15) is 5.82 Å². The van der Waals surface area contributed by atoms with Crippen LogP contribution in [0.1, 0.15) is 28.0 Å². The minimum Gasteiger partial charge on any atom is -0.365 e. The lowest BCUT2D eigenvalue weighted by Crippen LogP contribution is -2.38. The number of benzene rings is 1. The average molecular weight is 388 g/mol. The molecule has 2 aromatic heterocycles. The van der Waals surface area contributed by atoms with Crippen molar-refractivity contribution in [1.82, 2.24) is 14.9 Å². The molecule has 5 rings (SSSR count). The summed E-state index contributed by atoms with van der Waals surface area (Å²) < 4.78 is 14.1. The van der Waals surface area contributed by atoms with Crippen molar-refractivity contribution in [3.05, 3.63) is 89.8 Å². The number of hydrogen-bond acceptors (Lipinski definition) is 4. The molecule has 0 unspecified atom stereocenters. The van der Waals surface area contributed by atoms with Crippen molar-refractivity contribution in [3.63, 3.8) is 0 Å². The van der Waals surface area contributed by atoms with Gasteiger partial charge in [0.25, 0.3) is 5.91 Å². The van der Waals surface area contributed by atoms with Crippen molar-refractivity contribution < 1.29 is 9.18 Å². The van der Waals surface area contributed by atoms with E-state index in [4.69, 9.17) is 4.98 Å². The highest BCUT2D eigenvalue weighted by Gasteiger charge is 2.49. The molecule has 0 bridgehead atoms. The second-order valence-corrected chi connectivity index (χ2v) is 7.83. The summed E-state index contributed by atoms with van der Waals surface area (Å²) in [7, 11) is 0. The van der Waals surface area contributed by atoms with Gasteiger partial charge in [-0.3, -0.25) is 14.8 Å². The zero-order valence-electron chi connectivity index (χ0n) is 16.0. The molecule has 0 aliphatic carbocycles. The molecule has 5 nitrogen and oxygen atoms in total. The molecule has 1 fully saturated rings. The van der Waals surface area contributed by atoms with E-state index in [1.807, 2.05) is 24.5 Å². The molecular weight excluding hydrogens is 367 g/mol. The molecule has 1 aromatic carbocycles. The van der Waals surface area contributed by atoms with E-state index in [-0.39, 0.29) is 16.9 Å². The minimum atomic E-state index is -0.471. The summed E-state index contributed by atoms with van der Waals surface area (Å²) in [5.74, 6) is -0.718. The van der Waals surface area contributed by atoms with Gasteiger partial charge in [0, 0.05) is 44.8 Å². The van der Waals surface area contributed by atoms with Gasteiger partial charge in [0.2, 0.25) is 0 Å². The number of hydrogen-bond donors (Lipinski definition) is 0. The highest BCUT2D eigenvalue weighted by molar-refractivity contribution is 5.94. The van der Waals surface area contributed by atoms with E-state index in [0.717, 1.165) is 36.5 Å². The van der Waals surface area contributed by atoms with Crippen LogP contribution in [0.4, 0.5) is 10.1 Å². The van der Waals surface area contributed by atoms with Gasteiger partial charge in [-0.25, -0.2) is 4.39 Å². The summed E-state index contributed by atoms with van der Waals surface area (Å²) in [5.41, 5.74) is 3.19. The fourth-order valence-electron chi connectivity index (χ4n) is 4.61. The SMILES string of the molecule is O=C(c1ccccc1F)N1CC[C@]2(C1)CN(Cc1cccnc1)c1cccnc12. The highest BCUT2D eigenvalue weighted by Crippen LogP contribution is 2.45. The van der Waals surface area contributed by atoms with E-state index in [1.54, 1.807) is 29.3 Å². The number of likely N-dealkylation sites (tertiary alicyclic amines) is 1. The third-order valence-electron chi connectivity index (χ3n) is 5.96.